The second kappa shape index (κ2) is 7.72. The minimum Gasteiger partial charge on any atom is -0.493 e. The van der Waals surface area contributed by atoms with E-state index >= 15 is 0 Å². The molecular weight excluding hydrogens is 262 g/mol. The average Bonchev–Trinajstić information content (AvgIpc) is 2.45. The fourth-order valence-corrected chi connectivity index (χ4v) is 1.88. The van der Waals surface area contributed by atoms with Gasteiger partial charge in [0.05, 0.1) is 20.8 Å². The SMILES string of the molecule is COCC(NC(C)c1ccc(OC)c(OC)c1)C(=O)O. The Morgan fingerprint density at radius 3 is 2.40 bits per heavy atom. The molecule has 0 spiro atoms. The highest BCUT2D eigenvalue weighted by atomic mass is 16.5. The molecule has 0 aliphatic carbocycles. The Kier molecular flexibility index (Phi) is 6.27. The Balaban J connectivity index is 2.85. The molecule has 0 fully saturated rings. The van der Waals surface area contributed by atoms with E-state index in [1.54, 1.807) is 20.3 Å². The molecule has 112 valence electrons. The second-order valence-electron chi connectivity index (χ2n) is 4.35. The fraction of sp³-hybridized carbons (Fsp3) is 0.500. The first-order valence-corrected chi connectivity index (χ1v) is 6.23. The van der Waals surface area contributed by atoms with Gasteiger partial charge in [-0.3, -0.25) is 10.1 Å². The second-order valence-corrected chi connectivity index (χ2v) is 4.35. The zero-order valence-corrected chi connectivity index (χ0v) is 12.2. The summed E-state index contributed by atoms with van der Waals surface area (Å²) in [5.74, 6) is 0.298. The highest BCUT2D eigenvalue weighted by Crippen LogP contribution is 2.29. The summed E-state index contributed by atoms with van der Waals surface area (Å²) in [5.41, 5.74) is 0.907. The van der Waals surface area contributed by atoms with Crippen molar-refractivity contribution >= 4 is 5.97 Å². The fourth-order valence-electron chi connectivity index (χ4n) is 1.88. The van der Waals surface area contributed by atoms with Gasteiger partial charge in [-0.15, -0.1) is 0 Å². The molecule has 2 unspecified atom stereocenters. The summed E-state index contributed by atoms with van der Waals surface area (Å²) >= 11 is 0. The van der Waals surface area contributed by atoms with Gasteiger partial charge in [-0.25, -0.2) is 0 Å². The summed E-state index contributed by atoms with van der Waals surface area (Å²) in [6.45, 7) is 1.99. The Bertz CT molecular complexity index is 449. The van der Waals surface area contributed by atoms with Crippen LogP contribution < -0.4 is 14.8 Å². The van der Waals surface area contributed by atoms with Crippen molar-refractivity contribution in [2.45, 2.75) is 19.0 Å². The van der Waals surface area contributed by atoms with Crippen LogP contribution in [-0.2, 0) is 9.53 Å². The summed E-state index contributed by atoms with van der Waals surface area (Å²) in [6.07, 6.45) is 0. The maximum Gasteiger partial charge on any atom is 0.323 e. The maximum atomic E-state index is 11.1. The highest BCUT2D eigenvalue weighted by Gasteiger charge is 2.20. The largest absolute Gasteiger partial charge is 0.493 e. The highest BCUT2D eigenvalue weighted by molar-refractivity contribution is 5.73. The predicted molar refractivity (Wildman–Crippen MR) is 74.4 cm³/mol. The van der Waals surface area contributed by atoms with Gasteiger partial charge in [0.2, 0.25) is 0 Å². The molecule has 0 bridgehead atoms. The van der Waals surface area contributed by atoms with Gasteiger partial charge < -0.3 is 19.3 Å². The monoisotopic (exact) mass is 283 g/mol. The Labute approximate surface area is 118 Å². The molecule has 0 aromatic heterocycles. The predicted octanol–water partition coefficient (Wildman–Crippen LogP) is 1.45. The van der Waals surface area contributed by atoms with Crippen molar-refractivity contribution in [2.75, 3.05) is 27.9 Å². The number of methoxy groups -OCH3 is 3. The van der Waals surface area contributed by atoms with Crippen LogP contribution in [0.2, 0.25) is 0 Å². The smallest absolute Gasteiger partial charge is 0.323 e. The van der Waals surface area contributed by atoms with Gasteiger partial charge in [0.25, 0.3) is 0 Å². The van der Waals surface area contributed by atoms with E-state index in [1.807, 2.05) is 19.1 Å². The molecule has 0 saturated carbocycles. The van der Waals surface area contributed by atoms with Crippen LogP contribution in [0.25, 0.3) is 0 Å². The molecule has 6 nitrogen and oxygen atoms in total. The minimum absolute atomic E-state index is 0.104. The number of hydrogen-bond donors (Lipinski definition) is 2. The third-order valence-electron chi connectivity index (χ3n) is 2.99. The van der Waals surface area contributed by atoms with Crippen LogP contribution in [0, 0.1) is 0 Å². The van der Waals surface area contributed by atoms with E-state index in [1.165, 1.54) is 7.11 Å². The Morgan fingerprint density at radius 2 is 1.90 bits per heavy atom. The number of hydrogen-bond acceptors (Lipinski definition) is 5. The third kappa shape index (κ3) is 4.11. The van der Waals surface area contributed by atoms with E-state index in [0.717, 1.165) is 5.56 Å². The van der Waals surface area contributed by atoms with Crippen molar-refractivity contribution in [3.8, 4) is 11.5 Å². The summed E-state index contributed by atoms with van der Waals surface area (Å²) in [7, 11) is 4.60. The molecule has 0 radical (unpaired) electrons. The summed E-state index contributed by atoms with van der Waals surface area (Å²) < 4.78 is 15.3. The molecular formula is C14H21NO5. The van der Waals surface area contributed by atoms with Gasteiger partial charge in [-0.1, -0.05) is 6.07 Å². The van der Waals surface area contributed by atoms with Crippen molar-refractivity contribution in [1.29, 1.82) is 0 Å². The molecule has 0 heterocycles. The van der Waals surface area contributed by atoms with Crippen LogP contribution >= 0.6 is 0 Å². The van der Waals surface area contributed by atoms with Crippen LogP contribution in [0.4, 0.5) is 0 Å². The zero-order chi connectivity index (χ0) is 15.1. The van der Waals surface area contributed by atoms with Crippen LogP contribution in [0.15, 0.2) is 18.2 Å². The topological polar surface area (TPSA) is 77.0 Å². The van der Waals surface area contributed by atoms with Crippen LogP contribution in [-0.4, -0.2) is 45.1 Å². The first-order chi connectivity index (χ1) is 9.53. The normalized spacial score (nSPS) is 13.6. The van der Waals surface area contributed by atoms with E-state index in [2.05, 4.69) is 5.32 Å². The van der Waals surface area contributed by atoms with Gasteiger partial charge >= 0.3 is 5.97 Å². The molecule has 0 aliphatic rings. The summed E-state index contributed by atoms with van der Waals surface area (Å²) in [6, 6.07) is 4.56. The van der Waals surface area contributed by atoms with Gasteiger partial charge in [0, 0.05) is 13.2 Å². The molecule has 0 saturated heterocycles. The quantitative estimate of drug-likeness (QED) is 0.752. The molecule has 0 amide bonds. The first kappa shape index (κ1) is 16.3. The first-order valence-electron chi connectivity index (χ1n) is 6.23. The Morgan fingerprint density at radius 1 is 1.25 bits per heavy atom. The molecule has 1 rings (SSSR count). The summed E-state index contributed by atoms with van der Waals surface area (Å²) in [5, 5.41) is 12.1. The standard InChI is InChI=1S/C14H21NO5/c1-9(15-11(8-18-2)14(16)17)10-5-6-12(19-3)13(7-10)20-4/h5-7,9,11,15H,8H2,1-4H3,(H,16,17). The molecule has 1 aromatic rings. The van der Waals surface area contributed by atoms with Gasteiger partial charge in [-0.05, 0) is 24.6 Å². The van der Waals surface area contributed by atoms with E-state index in [0.29, 0.717) is 11.5 Å². The van der Waals surface area contributed by atoms with Crippen molar-refractivity contribution in [3.05, 3.63) is 23.8 Å². The molecule has 2 N–H and O–H groups in total. The lowest BCUT2D eigenvalue weighted by Crippen LogP contribution is -2.41. The van der Waals surface area contributed by atoms with E-state index < -0.39 is 12.0 Å². The molecule has 0 aliphatic heterocycles. The van der Waals surface area contributed by atoms with Crippen molar-refractivity contribution in [1.82, 2.24) is 5.32 Å². The van der Waals surface area contributed by atoms with Gasteiger partial charge in [0.15, 0.2) is 11.5 Å². The number of benzene rings is 1. The third-order valence-corrected chi connectivity index (χ3v) is 2.99. The van der Waals surface area contributed by atoms with Crippen LogP contribution in [0.1, 0.15) is 18.5 Å². The molecule has 20 heavy (non-hydrogen) atoms. The number of ether oxygens (including phenoxy) is 3. The van der Waals surface area contributed by atoms with E-state index in [9.17, 15) is 4.79 Å². The van der Waals surface area contributed by atoms with Gasteiger partial charge in [-0.2, -0.15) is 0 Å². The van der Waals surface area contributed by atoms with Crippen LogP contribution in [0.3, 0.4) is 0 Å². The van der Waals surface area contributed by atoms with Crippen molar-refractivity contribution in [3.63, 3.8) is 0 Å². The van der Waals surface area contributed by atoms with Crippen molar-refractivity contribution in [2.24, 2.45) is 0 Å². The van der Waals surface area contributed by atoms with Crippen LogP contribution in [0.5, 0.6) is 11.5 Å². The minimum atomic E-state index is -0.945. The molecule has 1 aromatic carbocycles. The number of nitrogens with one attached hydrogen (secondary N) is 1. The molecule has 6 heteroatoms. The van der Waals surface area contributed by atoms with Crippen molar-refractivity contribution < 1.29 is 24.1 Å². The zero-order valence-electron chi connectivity index (χ0n) is 12.2. The lowest BCUT2D eigenvalue weighted by molar-refractivity contribution is -0.141. The number of carboxylic acid groups (broad SMARTS) is 1. The number of rotatable bonds is 8. The maximum absolute atomic E-state index is 11.1. The number of carboxylic acids is 1. The lowest BCUT2D eigenvalue weighted by atomic mass is 10.1. The van der Waals surface area contributed by atoms with E-state index in [-0.39, 0.29) is 12.6 Å². The Hall–Kier alpha value is -1.79. The number of aliphatic carboxylic acids is 1. The van der Waals surface area contributed by atoms with E-state index in [4.69, 9.17) is 19.3 Å². The number of carbonyl (C=O) groups is 1. The lowest BCUT2D eigenvalue weighted by Gasteiger charge is -2.20. The summed E-state index contributed by atoms with van der Waals surface area (Å²) in [4.78, 5) is 11.1. The van der Waals surface area contributed by atoms with Gasteiger partial charge in [0.1, 0.15) is 6.04 Å². The molecule has 2 atom stereocenters. The average molecular weight is 283 g/mol.